The number of benzene rings is 1. The summed E-state index contributed by atoms with van der Waals surface area (Å²) in [5.41, 5.74) is 0.107. The molecule has 1 atom stereocenters. The fraction of sp³-hybridized carbons (Fsp3) is 0.200. The predicted molar refractivity (Wildman–Crippen MR) is 87.6 cm³/mol. The molecule has 0 amide bonds. The zero-order chi connectivity index (χ0) is 18.9. The SMILES string of the molecule is OC(CN1NC=NN1)(c1ccc(F)cc1F)C(F)(F)c1ccc(Br)cn1. The van der Waals surface area contributed by atoms with E-state index in [1.54, 1.807) is 0 Å². The van der Waals surface area contributed by atoms with Crippen LogP contribution in [-0.4, -0.2) is 28.1 Å². The van der Waals surface area contributed by atoms with Gasteiger partial charge in [-0.2, -0.15) is 13.9 Å². The quantitative estimate of drug-likeness (QED) is 0.631. The van der Waals surface area contributed by atoms with Gasteiger partial charge >= 0.3 is 5.92 Å². The van der Waals surface area contributed by atoms with Crippen LogP contribution in [-0.2, 0) is 11.5 Å². The Morgan fingerprint density at radius 1 is 1.19 bits per heavy atom. The molecule has 0 radical (unpaired) electrons. The summed E-state index contributed by atoms with van der Waals surface area (Å²) in [5.74, 6) is -6.30. The Labute approximate surface area is 153 Å². The Balaban J connectivity index is 2.11. The zero-order valence-electron chi connectivity index (χ0n) is 12.9. The van der Waals surface area contributed by atoms with Crippen LogP contribution in [0.5, 0.6) is 0 Å². The van der Waals surface area contributed by atoms with Crippen LogP contribution in [0.2, 0.25) is 0 Å². The van der Waals surface area contributed by atoms with Crippen molar-refractivity contribution in [3.8, 4) is 0 Å². The normalized spacial score (nSPS) is 16.8. The number of nitrogens with one attached hydrogen (secondary N) is 2. The highest BCUT2D eigenvalue weighted by Crippen LogP contribution is 2.46. The molecular weight excluding hydrogens is 422 g/mol. The maximum Gasteiger partial charge on any atom is 0.323 e. The van der Waals surface area contributed by atoms with Crippen LogP contribution in [0.3, 0.4) is 0 Å². The average molecular weight is 434 g/mol. The van der Waals surface area contributed by atoms with E-state index < -0.39 is 41.0 Å². The maximum absolute atomic E-state index is 15.2. The number of β-amino-alcohol motifs (C(OH)–C–C–N with tert-alkyl or cyclic N) is 1. The summed E-state index contributed by atoms with van der Waals surface area (Å²) in [6.07, 6.45) is 2.28. The minimum absolute atomic E-state index is 0.423. The number of hydrogen-bond acceptors (Lipinski definition) is 6. The van der Waals surface area contributed by atoms with Crippen molar-refractivity contribution >= 4 is 22.3 Å². The van der Waals surface area contributed by atoms with E-state index in [1.807, 2.05) is 0 Å². The van der Waals surface area contributed by atoms with E-state index in [4.69, 9.17) is 0 Å². The van der Waals surface area contributed by atoms with Crippen molar-refractivity contribution in [1.82, 2.24) is 21.1 Å². The lowest BCUT2D eigenvalue weighted by molar-refractivity contribution is -0.212. The lowest BCUT2D eigenvalue weighted by atomic mass is 9.84. The highest BCUT2D eigenvalue weighted by Gasteiger charge is 2.58. The van der Waals surface area contributed by atoms with Crippen LogP contribution in [0.15, 0.2) is 46.1 Å². The first-order valence-corrected chi connectivity index (χ1v) is 8.02. The molecule has 138 valence electrons. The van der Waals surface area contributed by atoms with Crippen LogP contribution in [0.1, 0.15) is 11.3 Å². The predicted octanol–water partition coefficient (Wildman–Crippen LogP) is 2.37. The second-order valence-electron chi connectivity index (χ2n) is 5.49. The van der Waals surface area contributed by atoms with Gasteiger partial charge in [-0.3, -0.25) is 10.4 Å². The molecule has 1 aliphatic heterocycles. The van der Waals surface area contributed by atoms with Gasteiger partial charge in [0.2, 0.25) is 0 Å². The van der Waals surface area contributed by atoms with Gasteiger partial charge in [0, 0.05) is 22.3 Å². The van der Waals surface area contributed by atoms with Crippen LogP contribution in [0.25, 0.3) is 0 Å². The van der Waals surface area contributed by atoms with E-state index in [1.165, 1.54) is 6.07 Å². The van der Waals surface area contributed by atoms with E-state index in [-0.39, 0.29) is 0 Å². The third kappa shape index (κ3) is 3.24. The number of hydrazine groups is 2. The molecule has 26 heavy (non-hydrogen) atoms. The molecule has 1 aromatic carbocycles. The molecule has 3 rings (SSSR count). The fourth-order valence-corrected chi connectivity index (χ4v) is 2.72. The number of rotatable bonds is 5. The highest BCUT2D eigenvalue weighted by molar-refractivity contribution is 9.10. The lowest BCUT2D eigenvalue weighted by Gasteiger charge is -2.38. The van der Waals surface area contributed by atoms with E-state index in [0.717, 1.165) is 35.9 Å². The molecule has 3 N–H and O–H groups in total. The number of alkyl halides is 2. The first-order chi connectivity index (χ1) is 12.2. The Bertz CT molecular complexity index is 827. The minimum atomic E-state index is -4.03. The first kappa shape index (κ1) is 18.5. The fourth-order valence-electron chi connectivity index (χ4n) is 2.49. The lowest BCUT2D eigenvalue weighted by Crippen LogP contribution is -2.56. The molecule has 11 heteroatoms. The topological polar surface area (TPSA) is 72.8 Å². The second kappa shape index (κ2) is 6.82. The minimum Gasteiger partial charge on any atom is -0.377 e. The third-order valence-corrected chi connectivity index (χ3v) is 4.26. The second-order valence-corrected chi connectivity index (χ2v) is 6.41. The Kier molecular flexibility index (Phi) is 4.86. The molecule has 0 fully saturated rings. The van der Waals surface area contributed by atoms with Gasteiger partial charge in [0.1, 0.15) is 23.7 Å². The van der Waals surface area contributed by atoms with Gasteiger partial charge in [0.25, 0.3) is 0 Å². The van der Waals surface area contributed by atoms with Gasteiger partial charge in [0.05, 0.1) is 6.54 Å². The summed E-state index contributed by atoms with van der Waals surface area (Å²) in [6, 6.07) is 4.29. The van der Waals surface area contributed by atoms with Crippen molar-refractivity contribution < 1.29 is 22.7 Å². The van der Waals surface area contributed by atoms with Crippen molar-refractivity contribution in [3.63, 3.8) is 0 Å². The van der Waals surface area contributed by atoms with Crippen molar-refractivity contribution in [2.75, 3.05) is 6.54 Å². The number of hydrogen-bond donors (Lipinski definition) is 3. The van der Waals surface area contributed by atoms with Crippen LogP contribution in [0, 0.1) is 11.6 Å². The smallest absolute Gasteiger partial charge is 0.323 e. The summed E-state index contributed by atoms with van der Waals surface area (Å²) in [4.78, 5) is 3.62. The standard InChI is InChI=1S/C15H12BrF4N5O/c16-9-1-4-13(21-6-9)15(19,20)14(26,7-25-23-8-22-24-25)11-3-2-10(17)5-12(11)18/h1-6,8,24,26H,7H2,(H,22,23). The molecule has 0 bridgehead atoms. The molecule has 1 unspecified atom stereocenters. The number of aromatic nitrogens is 1. The molecular formula is C15H12BrF4N5O. The van der Waals surface area contributed by atoms with Gasteiger partial charge in [-0.15, -0.1) is 5.12 Å². The van der Waals surface area contributed by atoms with Crippen LogP contribution < -0.4 is 11.0 Å². The summed E-state index contributed by atoms with van der Waals surface area (Å²) in [6.45, 7) is -0.833. The molecule has 1 aromatic heterocycles. The molecule has 2 heterocycles. The number of aliphatic hydroxyl groups is 1. The maximum atomic E-state index is 15.2. The van der Waals surface area contributed by atoms with E-state index in [0.29, 0.717) is 10.5 Å². The number of nitrogens with zero attached hydrogens (tertiary/aromatic N) is 3. The van der Waals surface area contributed by atoms with E-state index in [9.17, 15) is 13.9 Å². The van der Waals surface area contributed by atoms with Crippen molar-refractivity contribution in [2.45, 2.75) is 11.5 Å². The number of halogens is 5. The summed E-state index contributed by atoms with van der Waals surface area (Å²) in [7, 11) is 0. The van der Waals surface area contributed by atoms with Gasteiger partial charge in [-0.1, -0.05) is 6.07 Å². The Morgan fingerprint density at radius 3 is 2.54 bits per heavy atom. The van der Waals surface area contributed by atoms with Gasteiger partial charge in [-0.25, -0.2) is 14.3 Å². The van der Waals surface area contributed by atoms with Crippen molar-refractivity contribution in [3.05, 3.63) is 63.9 Å². The monoisotopic (exact) mass is 433 g/mol. The summed E-state index contributed by atoms with van der Waals surface area (Å²) < 4.78 is 58.4. The molecule has 0 saturated heterocycles. The van der Waals surface area contributed by atoms with Crippen molar-refractivity contribution in [1.29, 1.82) is 0 Å². The van der Waals surface area contributed by atoms with E-state index in [2.05, 4.69) is 37.0 Å². The molecule has 2 aromatic rings. The number of hydrazone groups is 1. The Morgan fingerprint density at radius 2 is 1.96 bits per heavy atom. The van der Waals surface area contributed by atoms with Gasteiger partial charge < -0.3 is 5.11 Å². The molecule has 0 spiro atoms. The van der Waals surface area contributed by atoms with Gasteiger partial charge in [-0.05, 0) is 34.1 Å². The third-order valence-electron chi connectivity index (χ3n) is 3.79. The Hall–Kier alpha value is -2.24. The van der Waals surface area contributed by atoms with Gasteiger partial charge in [0.15, 0.2) is 5.60 Å². The summed E-state index contributed by atoms with van der Waals surface area (Å²) in [5, 5.41) is 15.4. The van der Waals surface area contributed by atoms with Crippen LogP contribution >= 0.6 is 15.9 Å². The highest BCUT2D eigenvalue weighted by atomic mass is 79.9. The molecule has 1 aliphatic rings. The largest absolute Gasteiger partial charge is 0.377 e. The molecule has 0 saturated carbocycles. The van der Waals surface area contributed by atoms with Crippen molar-refractivity contribution in [2.24, 2.45) is 5.10 Å². The number of pyridine rings is 1. The molecule has 0 aliphatic carbocycles. The molecule has 6 nitrogen and oxygen atoms in total. The zero-order valence-corrected chi connectivity index (χ0v) is 14.5. The van der Waals surface area contributed by atoms with E-state index >= 15 is 8.78 Å². The first-order valence-electron chi connectivity index (χ1n) is 7.23. The summed E-state index contributed by atoms with van der Waals surface area (Å²) >= 11 is 3.08. The van der Waals surface area contributed by atoms with Crippen LogP contribution in [0.4, 0.5) is 17.6 Å². The average Bonchev–Trinajstić information content (AvgIpc) is 3.07.